The molecule has 0 radical (unpaired) electrons. The molecular weight excluding hydrogens is 382 g/mol. The molecule has 154 valence electrons. The van der Waals surface area contributed by atoms with Gasteiger partial charge in [0.2, 0.25) is 0 Å². The van der Waals surface area contributed by atoms with Gasteiger partial charge in [0.05, 0.1) is 0 Å². The summed E-state index contributed by atoms with van der Waals surface area (Å²) >= 11 is 0. The number of rotatable bonds is 4. The zero-order valence-corrected chi connectivity index (χ0v) is 16.6. The number of aryl methyl sites for hydroxylation is 1. The van der Waals surface area contributed by atoms with Crippen molar-refractivity contribution in [2.45, 2.75) is 6.92 Å². The Labute approximate surface area is 173 Å². The van der Waals surface area contributed by atoms with E-state index in [0.29, 0.717) is 48.9 Å². The van der Waals surface area contributed by atoms with Crippen molar-refractivity contribution in [1.29, 1.82) is 0 Å². The summed E-state index contributed by atoms with van der Waals surface area (Å²) < 4.78 is 0. The van der Waals surface area contributed by atoms with Crippen LogP contribution in [-0.4, -0.2) is 37.1 Å². The van der Waals surface area contributed by atoms with Crippen LogP contribution in [0.5, 0.6) is 0 Å². The zero-order valence-electron chi connectivity index (χ0n) is 16.6. The molecule has 0 spiro atoms. The average Bonchev–Trinajstić information content (AvgIpc) is 2.76. The fraction of sp³-hybridized carbons (Fsp3) is 0.227. The minimum Gasteiger partial charge on any atom is -0.399 e. The first kappa shape index (κ1) is 19.5. The Balaban J connectivity index is 1.41. The molecule has 1 heterocycles. The van der Waals surface area contributed by atoms with Gasteiger partial charge in [-0.05, 0) is 42.8 Å². The van der Waals surface area contributed by atoms with E-state index in [-0.39, 0.29) is 6.03 Å². The summed E-state index contributed by atoms with van der Waals surface area (Å²) in [5.74, 6) is 0. The van der Waals surface area contributed by atoms with Gasteiger partial charge in [0.25, 0.3) is 10.9 Å². The van der Waals surface area contributed by atoms with Crippen LogP contribution in [0, 0.1) is 6.92 Å². The normalized spacial score (nSPS) is 14.0. The summed E-state index contributed by atoms with van der Waals surface area (Å²) in [5.41, 5.74) is 8.50. The van der Waals surface area contributed by atoms with E-state index in [1.54, 1.807) is 29.2 Å². The van der Waals surface area contributed by atoms with Crippen molar-refractivity contribution in [3.05, 3.63) is 74.5 Å². The third kappa shape index (κ3) is 3.71. The van der Waals surface area contributed by atoms with Crippen LogP contribution in [0.25, 0.3) is 0 Å². The molecule has 1 saturated heterocycles. The summed E-state index contributed by atoms with van der Waals surface area (Å²) in [6.45, 7) is 3.78. The van der Waals surface area contributed by atoms with Crippen LogP contribution < -0.4 is 32.1 Å². The summed E-state index contributed by atoms with van der Waals surface area (Å²) in [6, 6.07) is 14.3. The molecule has 30 heavy (non-hydrogen) atoms. The van der Waals surface area contributed by atoms with E-state index in [1.165, 1.54) is 0 Å². The van der Waals surface area contributed by atoms with E-state index >= 15 is 0 Å². The number of hydrogen-bond acceptors (Lipinski definition) is 6. The number of para-hydroxylation sites is 1. The van der Waals surface area contributed by atoms with Gasteiger partial charge in [0.1, 0.15) is 11.4 Å². The molecule has 4 N–H and O–H groups in total. The Bertz CT molecular complexity index is 1140. The van der Waals surface area contributed by atoms with Crippen LogP contribution in [0.4, 0.5) is 33.2 Å². The van der Waals surface area contributed by atoms with Crippen LogP contribution in [-0.2, 0) is 0 Å². The molecule has 0 unspecified atom stereocenters. The van der Waals surface area contributed by atoms with Gasteiger partial charge >= 0.3 is 6.03 Å². The molecule has 0 atom stereocenters. The van der Waals surface area contributed by atoms with Crippen molar-refractivity contribution in [2.24, 2.45) is 0 Å². The number of carbonyl (C=O) groups excluding carboxylic acids is 1. The summed E-state index contributed by atoms with van der Waals surface area (Å²) in [4.78, 5) is 40.4. The second-order valence-corrected chi connectivity index (χ2v) is 7.35. The SMILES string of the molecule is Cc1ccccc1Nc1c(N2CCN(C(=O)Nc3ccc(N)cc3)CC2)c(=O)c1=O. The van der Waals surface area contributed by atoms with Crippen molar-refractivity contribution >= 4 is 34.5 Å². The van der Waals surface area contributed by atoms with Gasteiger partial charge in [-0.2, -0.15) is 0 Å². The Hall–Kier alpha value is -3.81. The van der Waals surface area contributed by atoms with E-state index in [1.807, 2.05) is 36.1 Å². The number of amides is 2. The molecule has 1 fully saturated rings. The zero-order chi connectivity index (χ0) is 21.3. The molecule has 3 aromatic rings. The van der Waals surface area contributed by atoms with Crippen LogP contribution in [0.2, 0.25) is 0 Å². The molecule has 3 aromatic carbocycles. The highest BCUT2D eigenvalue weighted by atomic mass is 16.2. The first-order valence-electron chi connectivity index (χ1n) is 9.76. The lowest BCUT2D eigenvalue weighted by Gasteiger charge is -2.37. The van der Waals surface area contributed by atoms with Gasteiger partial charge in [-0.25, -0.2) is 4.79 Å². The van der Waals surface area contributed by atoms with E-state index in [4.69, 9.17) is 5.73 Å². The molecule has 0 aliphatic carbocycles. The lowest BCUT2D eigenvalue weighted by molar-refractivity contribution is 0.208. The van der Waals surface area contributed by atoms with Gasteiger partial charge < -0.3 is 26.2 Å². The molecular formula is C22H23N5O3. The highest BCUT2D eigenvalue weighted by molar-refractivity contribution is 5.90. The maximum atomic E-state index is 12.5. The number of piperazine rings is 1. The van der Waals surface area contributed by atoms with Gasteiger partial charge in [-0.1, -0.05) is 18.2 Å². The predicted molar refractivity (Wildman–Crippen MR) is 119 cm³/mol. The summed E-state index contributed by atoms with van der Waals surface area (Å²) in [7, 11) is 0. The Morgan fingerprint density at radius 3 is 2.27 bits per heavy atom. The Kier molecular flexibility index (Phi) is 5.14. The number of anilines is 5. The predicted octanol–water partition coefficient (Wildman–Crippen LogP) is 2.27. The average molecular weight is 405 g/mol. The van der Waals surface area contributed by atoms with Gasteiger partial charge in [0.15, 0.2) is 0 Å². The van der Waals surface area contributed by atoms with E-state index in [0.717, 1.165) is 11.3 Å². The molecule has 1 aliphatic heterocycles. The lowest BCUT2D eigenvalue weighted by atomic mass is 10.1. The number of hydrogen-bond donors (Lipinski definition) is 3. The van der Waals surface area contributed by atoms with Crippen molar-refractivity contribution in [3.63, 3.8) is 0 Å². The number of nitrogens with two attached hydrogens (primary N) is 1. The molecule has 0 saturated carbocycles. The van der Waals surface area contributed by atoms with Crippen LogP contribution in [0.1, 0.15) is 5.56 Å². The largest absolute Gasteiger partial charge is 0.399 e. The smallest absolute Gasteiger partial charge is 0.321 e. The molecule has 0 aromatic heterocycles. The molecule has 2 amide bonds. The minimum atomic E-state index is -0.503. The van der Waals surface area contributed by atoms with E-state index in [9.17, 15) is 14.4 Å². The van der Waals surface area contributed by atoms with Crippen molar-refractivity contribution in [1.82, 2.24) is 4.90 Å². The van der Waals surface area contributed by atoms with Gasteiger partial charge in [-0.15, -0.1) is 0 Å². The van der Waals surface area contributed by atoms with Crippen LogP contribution in [0.3, 0.4) is 0 Å². The number of nitrogen functional groups attached to an aromatic ring is 1. The first-order valence-corrected chi connectivity index (χ1v) is 9.76. The Morgan fingerprint density at radius 1 is 0.933 bits per heavy atom. The summed E-state index contributed by atoms with van der Waals surface area (Å²) in [6.07, 6.45) is 0. The van der Waals surface area contributed by atoms with E-state index < -0.39 is 10.9 Å². The van der Waals surface area contributed by atoms with Crippen molar-refractivity contribution < 1.29 is 4.79 Å². The number of benzene rings is 2. The standard InChI is InChI=1S/C22H23N5O3/c1-14-4-2-3-5-17(14)25-18-19(21(29)20(18)28)26-10-12-27(13-11-26)22(30)24-16-8-6-15(23)7-9-16/h2-9,25H,10-13,23H2,1H3,(H,24,30). The maximum absolute atomic E-state index is 12.5. The summed E-state index contributed by atoms with van der Waals surface area (Å²) in [5, 5.41) is 5.95. The molecule has 0 bridgehead atoms. The molecule has 4 rings (SSSR count). The van der Waals surface area contributed by atoms with Crippen molar-refractivity contribution in [3.8, 4) is 0 Å². The number of urea groups is 1. The molecule has 8 heteroatoms. The quantitative estimate of drug-likeness (QED) is 0.454. The van der Waals surface area contributed by atoms with Gasteiger partial charge in [-0.3, -0.25) is 9.59 Å². The first-order chi connectivity index (χ1) is 14.4. The molecule has 1 aliphatic rings. The second kappa shape index (κ2) is 7.90. The molecule has 8 nitrogen and oxygen atoms in total. The van der Waals surface area contributed by atoms with Crippen molar-refractivity contribution in [2.75, 3.05) is 47.4 Å². The monoisotopic (exact) mass is 405 g/mol. The lowest BCUT2D eigenvalue weighted by Crippen LogP contribution is -2.53. The fourth-order valence-electron chi connectivity index (χ4n) is 3.55. The highest BCUT2D eigenvalue weighted by Crippen LogP contribution is 2.27. The Morgan fingerprint density at radius 2 is 1.60 bits per heavy atom. The minimum absolute atomic E-state index is 0.206. The third-order valence-corrected chi connectivity index (χ3v) is 5.33. The maximum Gasteiger partial charge on any atom is 0.321 e. The van der Waals surface area contributed by atoms with Gasteiger partial charge in [0, 0.05) is 43.2 Å². The number of carbonyl (C=O) groups is 1. The number of nitrogens with zero attached hydrogens (tertiary/aromatic N) is 2. The van der Waals surface area contributed by atoms with E-state index in [2.05, 4.69) is 10.6 Å². The topological polar surface area (TPSA) is 108 Å². The van der Waals surface area contributed by atoms with Crippen LogP contribution in [0.15, 0.2) is 58.1 Å². The van der Waals surface area contributed by atoms with Crippen LogP contribution >= 0.6 is 0 Å². The fourth-order valence-corrected chi connectivity index (χ4v) is 3.55. The highest BCUT2D eigenvalue weighted by Gasteiger charge is 2.30. The second-order valence-electron chi connectivity index (χ2n) is 7.35. The number of nitrogens with one attached hydrogen (secondary N) is 2. The third-order valence-electron chi connectivity index (χ3n) is 5.33.